The van der Waals surface area contributed by atoms with Crippen molar-refractivity contribution in [2.75, 3.05) is 12.3 Å². The molecule has 2 aromatic heterocycles. The van der Waals surface area contributed by atoms with E-state index in [4.69, 9.17) is 15.6 Å². The summed E-state index contributed by atoms with van der Waals surface area (Å²) >= 11 is 0. The van der Waals surface area contributed by atoms with Crippen molar-refractivity contribution in [2.24, 2.45) is 0 Å². The maximum Gasteiger partial charge on any atom is 0.167 e. The van der Waals surface area contributed by atoms with Crippen LogP contribution in [-0.2, 0) is 4.74 Å². The van der Waals surface area contributed by atoms with Gasteiger partial charge in [-0.2, -0.15) is 0 Å². The Bertz CT molecular complexity index is 603. The van der Waals surface area contributed by atoms with Crippen molar-refractivity contribution >= 4 is 17.0 Å². The topological polar surface area (TPSA) is 140 Å². The van der Waals surface area contributed by atoms with Gasteiger partial charge in [0.2, 0.25) is 0 Å². The van der Waals surface area contributed by atoms with Crippen molar-refractivity contribution < 1.29 is 20.1 Å². The molecule has 0 aliphatic carbocycles. The summed E-state index contributed by atoms with van der Waals surface area (Å²) in [5, 5.41) is 28.7. The van der Waals surface area contributed by atoms with Crippen LogP contribution in [-0.4, -0.2) is 59.8 Å². The Morgan fingerprint density at radius 2 is 2.05 bits per heavy atom. The van der Waals surface area contributed by atoms with E-state index in [0.717, 1.165) is 0 Å². The van der Waals surface area contributed by atoms with Crippen molar-refractivity contribution in [1.29, 1.82) is 0 Å². The van der Waals surface area contributed by atoms with E-state index in [1.165, 1.54) is 17.2 Å². The number of hydrogen-bond donors (Lipinski definition) is 4. The third kappa shape index (κ3) is 1.75. The van der Waals surface area contributed by atoms with E-state index in [9.17, 15) is 10.2 Å². The summed E-state index contributed by atoms with van der Waals surface area (Å²) in [4.78, 5) is 11.9. The highest BCUT2D eigenvalue weighted by Crippen LogP contribution is 2.31. The lowest BCUT2D eigenvalue weighted by atomic mass is 10.1. The van der Waals surface area contributed by atoms with E-state index in [1.54, 1.807) is 0 Å². The molecule has 0 aromatic carbocycles. The average molecular weight is 267 g/mol. The maximum atomic E-state index is 9.95. The first-order valence-electron chi connectivity index (χ1n) is 5.69. The first-order valence-corrected chi connectivity index (χ1v) is 5.69. The monoisotopic (exact) mass is 267 g/mol. The van der Waals surface area contributed by atoms with Gasteiger partial charge in [-0.3, -0.25) is 4.57 Å². The minimum absolute atomic E-state index is 0.218. The van der Waals surface area contributed by atoms with E-state index in [-0.39, 0.29) is 5.82 Å². The van der Waals surface area contributed by atoms with E-state index < -0.39 is 31.1 Å². The van der Waals surface area contributed by atoms with Gasteiger partial charge < -0.3 is 25.8 Å². The fourth-order valence-electron chi connectivity index (χ4n) is 2.17. The molecular weight excluding hydrogens is 254 g/mol. The molecular formula is C10H13N5O4. The molecule has 1 saturated heterocycles. The molecule has 1 fully saturated rings. The predicted octanol–water partition coefficient (Wildman–Crippen LogP) is -1.98. The van der Waals surface area contributed by atoms with E-state index in [1.807, 2.05) is 0 Å². The number of ether oxygens (including phenoxy) is 1. The van der Waals surface area contributed by atoms with Gasteiger partial charge >= 0.3 is 0 Å². The normalized spacial score (nSPS) is 31.1. The van der Waals surface area contributed by atoms with Crippen LogP contribution in [0.1, 0.15) is 6.23 Å². The van der Waals surface area contributed by atoms with Crippen LogP contribution in [0.15, 0.2) is 12.7 Å². The summed E-state index contributed by atoms with van der Waals surface area (Å²) < 4.78 is 6.85. The second kappa shape index (κ2) is 4.38. The molecule has 9 heteroatoms. The highest BCUT2D eigenvalue weighted by atomic mass is 16.6. The zero-order valence-corrected chi connectivity index (χ0v) is 9.79. The molecule has 0 spiro atoms. The van der Waals surface area contributed by atoms with Gasteiger partial charge in [-0.25, -0.2) is 15.0 Å². The van der Waals surface area contributed by atoms with Crippen molar-refractivity contribution in [3.63, 3.8) is 0 Å². The molecule has 9 nitrogen and oxygen atoms in total. The van der Waals surface area contributed by atoms with Gasteiger partial charge in [-0.15, -0.1) is 0 Å². The lowest BCUT2D eigenvalue weighted by Gasteiger charge is -2.16. The zero-order valence-electron chi connectivity index (χ0n) is 9.79. The van der Waals surface area contributed by atoms with Crippen molar-refractivity contribution in [2.45, 2.75) is 24.5 Å². The summed E-state index contributed by atoms with van der Waals surface area (Å²) in [5.74, 6) is 0.218. The van der Waals surface area contributed by atoms with Crippen LogP contribution in [0.5, 0.6) is 0 Å². The third-order valence-corrected chi connectivity index (χ3v) is 3.18. The van der Waals surface area contributed by atoms with Crippen LogP contribution < -0.4 is 5.73 Å². The number of aromatic nitrogens is 4. The Hall–Kier alpha value is -1.81. The van der Waals surface area contributed by atoms with Crippen LogP contribution in [0.4, 0.5) is 5.82 Å². The number of rotatable bonds is 2. The summed E-state index contributed by atoms with van der Waals surface area (Å²) in [7, 11) is 0. The smallest absolute Gasteiger partial charge is 0.167 e. The van der Waals surface area contributed by atoms with Crippen molar-refractivity contribution in [3.8, 4) is 0 Å². The first kappa shape index (κ1) is 12.2. The average Bonchev–Trinajstić information content (AvgIpc) is 2.94. The minimum Gasteiger partial charge on any atom is -0.394 e. The molecule has 102 valence electrons. The van der Waals surface area contributed by atoms with E-state index >= 15 is 0 Å². The first-order chi connectivity index (χ1) is 9.13. The number of imidazole rings is 1. The molecule has 3 heterocycles. The molecule has 1 aliphatic heterocycles. The van der Waals surface area contributed by atoms with Gasteiger partial charge in [0.25, 0.3) is 0 Å². The van der Waals surface area contributed by atoms with Crippen LogP contribution in [0.2, 0.25) is 0 Å². The number of anilines is 1. The quantitative estimate of drug-likeness (QED) is 0.491. The predicted molar refractivity (Wildman–Crippen MR) is 62.7 cm³/mol. The fraction of sp³-hybridized carbons (Fsp3) is 0.500. The van der Waals surface area contributed by atoms with E-state index in [0.29, 0.717) is 11.2 Å². The number of fused-ring (bicyclic) bond motifs is 1. The number of nitrogen functional groups attached to an aromatic ring is 1. The van der Waals surface area contributed by atoms with Gasteiger partial charge in [0.1, 0.15) is 30.2 Å². The Labute approximate surface area is 107 Å². The Morgan fingerprint density at radius 3 is 2.74 bits per heavy atom. The molecule has 4 atom stereocenters. The lowest BCUT2D eigenvalue weighted by molar-refractivity contribution is -0.0511. The Morgan fingerprint density at radius 1 is 1.26 bits per heavy atom. The van der Waals surface area contributed by atoms with Gasteiger partial charge in [0.05, 0.1) is 12.9 Å². The molecule has 0 radical (unpaired) electrons. The van der Waals surface area contributed by atoms with Crippen molar-refractivity contribution in [3.05, 3.63) is 12.7 Å². The Balaban J connectivity index is 2.04. The van der Waals surface area contributed by atoms with Crippen molar-refractivity contribution in [1.82, 2.24) is 19.5 Å². The SMILES string of the molecule is Nc1ncnc2c1ncn2[C@@H]1OC(CO)C(O)C1O. The summed E-state index contributed by atoms with van der Waals surface area (Å²) in [6.07, 6.45) is -1.42. The minimum atomic E-state index is -1.19. The number of aliphatic hydroxyl groups excluding tert-OH is 3. The van der Waals surface area contributed by atoms with E-state index in [2.05, 4.69) is 15.0 Å². The number of aliphatic hydroxyl groups is 3. The fourth-order valence-corrected chi connectivity index (χ4v) is 2.17. The summed E-state index contributed by atoms with van der Waals surface area (Å²) in [6, 6.07) is 0. The lowest BCUT2D eigenvalue weighted by Crippen LogP contribution is -2.33. The number of hydrogen-bond acceptors (Lipinski definition) is 8. The molecule has 0 bridgehead atoms. The highest BCUT2D eigenvalue weighted by Gasteiger charge is 2.43. The van der Waals surface area contributed by atoms with Gasteiger partial charge in [0.15, 0.2) is 17.7 Å². The van der Waals surface area contributed by atoms with Crippen LogP contribution in [0.3, 0.4) is 0 Å². The van der Waals surface area contributed by atoms with Crippen LogP contribution in [0, 0.1) is 0 Å². The zero-order chi connectivity index (χ0) is 13.6. The molecule has 5 N–H and O–H groups in total. The maximum absolute atomic E-state index is 9.95. The van der Waals surface area contributed by atoms with Crippen LogP contribution >= 0.6 is 0 Å². The molecule has 2 aromatic rings. The molecule has 0 amide bonds. The van der Waals surface area contributed by atoms with Crippen LogP contribution in [0.25, 0.3) is 11.2 Å². The molecule has 19 heavy (non-hydrogen) atoms. The molecule has 0 saturated carbocycles. The second-order valence-corrected chi connectivity index (χ2v) is 4.31. The van der Waals surface area contributed by atoms with Gasteiger partial charge in [0, 0.05) is 0 Å². The second-order valence-electron chi connectivity index (χ2n) is 4.31. The number of nitrogens with zero attached hydrogens (tertiary/aromatic N) is 4. The largest absolute Gasteiger partial charge is 0.394 e. The Kier molecular flexibility index (Phi) is 2.82. The number of nitrogens with two attached hydrogens (primary N) is 1. The molecule has 3 rings (SSSR count). The van der Waals surface area contributed by atoms with Gasteiger partial charge in [-0.1, -0.05) is 0 Å². The van der Waals surface area contributed by atoms with Gasteiger partial charge in [-0.05, 0) is 0 Å². The standard InChI is InChI=1S/C10H13N5O4/c11-8-5-9(13-2-12-8)15(3-14-5)10-7(18)6(17)4(1-16)19-10/h2-4,6-7,10,16-18H,1H2,(H2,11,12,13)/t4?,6?,7?,10-/m1/s1. The molecule has 3 unspecified atom stereocenters. The third-order valence-electron chi connectivity index (χ3n) is 3.18. The molecule has 1 aliphatic rings. The summed E-state index contributed by atoms with van der Waals surface area (Å²) in [6.45, 7) is -0.390. The summed E-state index contributed by atoms with van der Waals surface area (Å²) in [5.41, 5.74) is 6.44. The highest BCUT2D eigenvalue weighted by molar-refractivity contribution is 5.81.